The van der Waals surface area contributed by atoms with Gasteiger partial charge in [0.25, 0.3) is 0 Å². The number of anilines is 3. The van der Waals surface area contributed by atoms with Gasteiger partial charge in [-0.2, -0.15) is 5.10 Å². The Morgan fingerprint density at radius 2 is 2.12 bits per heavy atom. The van der Waals surface area contributed by atoms with Crippen molar-refractivity contribution in [3.05, 3.63) is 36.8 Å². The van der Waals surface area contributed by atoms with Gasteiger partial charge in [0.2, 0.25) is 0 Å². The van der Waals surface area contributed by atoms with E-state index in [9.17, 15) is 0 Å². The summed E-state index contributed by atoms with van der Waals surface area (Å²) in [5, 5.41) is 15.2. The number of nitrogens with zero attached hydrogens (tertiary/aromatic N) is 4. The first kappa shape index (κ1) is 15.8. The maximum atomic E-state index is 6.22. The van der Waals surface area contributed by atoms with E-state index in [2.05, 4.69) is 31.9 Å². The number of benzene rings is 1. The summed E-state index contributed by atoms with van der Waals surface area (Å²) in [6.45, 7) is 0. The van der Waals surface area contributed by atoms with E-state index in [4.69, 9.17) is 5.73 Å². The summed E-state index contributed by atoms with van der Waals surface area (Å²) in [5.41, 5.74) is 10.1. The van der Waals surface area contributed by atoms with Gasteiger partial charge < -0.3 is 20.9 Å². The van der Waals surface area contributed by atoms with Crippen LogP contribution in [0, 0.1) is 0 Å². The molecule has 0 radical (unpaired) electrons. The lowest BCUT2D eigenvalue weighted by molar-refractivity contribution is 0.403. The van der Waals surface area contributed by atoms with Crippen molar-refractivity contribution in [2.45, 2.75) is 37.8 Å². The van der Waals surface area contributed by atoms with Gasteiger partial charge in [0.05, 0.1) is 29.4 Å². The molecule has 1 saturated carbocycles. The van der Waals surface area contributed by atoms with Crippen LogP contribution >= 0.6 is 0 Å². The Hall–Kier alpha value is -2.67. The summed E-state index contributed by atoms with van der Waals surface area (Å²) in [6, 6.07) is 8.49. The van der Waals surface area contributed by atoms with Crippen molar-refractivity contribution in [2.75, 3.05) is 10.6 Å². The highest BCUT2D eigenvalue weighted by Gasteiger charge is 2.22. The number of rotatable bonds is 4. The van der Waals surface area contributed by atoms with E-state index in [0.29, 0.717) is 0 Å². The number of aryl methyl sites for hydroxylation is 1. The number of aromatic nitrogens is 4. The van der Waals surface area contributed by atoms with Crippen molar-refractivity contribution < 1.29 is 0 Å². The quantitative estimate of drug-likeness (QED) is 0.678. The fourth-order valence-corrected chi connectivity index (χ4v) is 3.45. The lowest BCUT2D eigenvalue weighted by atomic mass is 9.91. The van der Waals surface area contributed by atoms with Gasteiger partial charge >= 0.3 is 0 Å². The molecule has 3 aromatic rings. The van der Waals surface area contributed by atoms with Crippen LogP contribution in [0.5, 0.6) is 0 Å². The number of fused-ring (bicyclic) bond motifs is 1. The molecule has 4 N–H and O–H groups in total. The fraction of sp³-hybridized carbons (Fsp3) is 0.389. The van der Waals surface area contributed by atoms with Crippen LogP contribution in [0.3, 0.4) is 0 Å². The molecular weight excluding hydrogens is 314 g/mol. The molecule has 0 saturated heterocycles. The Bertz CT molecular complexity index is 873. The molecule has 0 unspecified atom stereocenters. The molecule has 7 nitrogen and oxygen atoms in total. The molecule has 2 atom stereocenters. The second kappa shape index (κ2) is 6.68. The van der Waals surface area contributed by atoms with Crippen molar-refractivity contribution in [1.82, 2.24) is 19.7 Å². The van der Waals surface area contributed by atoms with Gasteiger partial charge in [0.15, 0.2) is 5.82 Å². The lowest BCUT2D eigenvalue weighted by Crippen LogP contribution is -2.42. The largest absolute Gasteiger partial charge is 0.364 e. The molecule has 1 aliphatic rings. The number of nitrogens with one attached hydrogen (secondary N) is 2. The molecule has 0 bridgehead atoms. The van der Waals surface area contributed by atoms with Crippen LogP contribution in [0.4, 0.5) is 17.2 Å². The monoisotopic (exact) mass is 337 g/mol. The molecule has 130 valence electrons. The second-order valence-corrected chi connectivity index (χ2v) is 6.68. The Kier molecular flexibility index (Phi) is 4.23. The van der Waals surface area contributed by atoms with Crippen LogP contribution in [0.25, 0.3) is 11.0 Å². The number of imidazole rings is 1. The van der Waals surface area contributed by atoms with Gasteiger partial charge in [-0.15, -0.1) is 5.10 Å². The van der Waals surface area contributed by atoms with E-state index < -0.39 is 0 Å². The zero-order chi connectivity index (χ0) is 17.2. The van der Waals surface area contributed by atoms with Crippen molar-refractivity contribution in [1.29, 1.82) is 0 Å². The Morgan fingerprint density at radius 1 is 1.24 bits per heavy atom. The summed E-state index contributed by atoms with van der Waals surface area (Å²) in [4.78, 5) is 4.47. The molecule has 0 amide bonds. The SMILES string of the molecule is Cn1cnc2c(Nc3cnnc(N[C@@H]4CCCC[C@@H]4N)c3)cccc21. The molecule has 4 rings (SSSR count). The van der Waals surface area contributed by atoms with Crippen LogP contribution in [0.2, 0.25) is 0 Å². The minimum absolute atomic E-state index is 0.175. The van der Waals surface area contributed by atoms with Crippen LogP contribution in [-0.2, 0) is 7.05 Å². The zero-order valence-corrected chi connectivity index (χ0v) is 14.3. The summed E-state index contributed by atoms with van der Waals surface area (Å²) in [7, 11) is 1.99. The normalized spacial score (nSPS) is 20.6. The Balaban J connectivity index is 1.55. The predicted octanol–water partition coefficient (Wildman–Crippen LogP) is 2.79. The topological polar surface area (TPSA) is 93.7 Å². The van der Waals surface area contributed by atoms with Crippen molar-refractivity contribution in [2.24, 2.45) is 12.8 Å². The van der Waals surface area contributed by atoms with Crippen molar-refractivity contribution in [3.63, 3.8) is 0 Å². The molecule has 25 heavy (non-hydrogen) atoms. The zero-order valence-electron chi connectivity index (χ0n) is 14.3. The van der Waals surface area contributed by atoms with E-state index in [1.807, 2.05) is 36.1 Å². The van der Waals surface area contributed by atoms with Crippen LogP contribution in [0.15, 0.2) is 36.8 Å². The molecule has 2 heterocycles. The predicted molar refractivity (Wildman–Crippen MR) is 99.9 cm³/mol. The number of nitrogens with two attached hydrogens (primary N) is 1. The number of para-hydroxylation sites is 1. The van der Waals surface area contributed by atoms with E-state index in [-0.39, 0.29) is 12.1 Å². The van der Waals surface area contributed by atoms with E-state index in [0.717, 1.165) is 41.1 Å². The average molecular weight is 337 g/mol. The molecular formula is C18H23N7. The third-order valence-electron chi connectivity index (χ3n) is 4.84. The summed E-state index contributed by atoms with van der Waals surface area (Å²) in [5.74, 6) is 0.751. The average Bonchev–Trinajstić information content (AvgIpc) is 3.00. The lowest BCUT2D eigenvalue weighted by Gasteiger charge is -2.29. The van der Waals surface area contributed by atoms with E-state index in [1.165, 1.54) is 12.8 Å². The standard InChI is InChI=1S/C18H23N7/c1-25-11-20-18-15(7-4-8-16(18)25)22-12-9-17(24-21-10-12)23-14-6-3-2-5-13(14)19/h4,7-11,13-14H,2-3,5-6,19H2,1H3,(H2,22,23,24)/t13-,14+/m0/s1. The smallest absolute Gasteiger partial charge is 0.150 e. The highest BCUT2D eigenvalue weighted by molar-refractivity contribution is 5.90. The second-order valence-electron chi connectivity index (χ2n) is 6.68. The van der Waals surface area contributed by atoms with Gasteiger partial charge in [-0.3, -0.25) is 0 Å². The summed E-state index contributed by atoms with van der Waals surface area (Å²) < 4.78 is 2.00. The molecule has 0 aliphatic heterocycles. The van der Waals surface area contributed by atoms with Gasteiger partial charge in [0, 0.05) is 25.2 Å². The van der Waals surface area contributed by atoms with Gasteiger partial charge in [-0.25, -0.2) is 4.98 Å². The van der Waals surface area contributed by atoms with Gasteiger partial charge in [0.1, 0.15) is 5.52 Å². The highest BCUT2D eigenvalue weighted by Crippen LogP contribution is 2.26. The minimum Gasteiger partial charge on any atom is -0.364 e. The molecule has 1 aromatic carbocycles. The first-order chi connectivity index (χ1) is 12.2. The van der Waals surface area contributed by atoms with Gasteiger partial charge in [-0.1, -0.05) is 18.9 Å². The van der Waals surface area contributed by atoms with Crippen LogP contribution < -0.4 is 16.4 Å². The molecule has 2 aromatic heterocycles. The molecule has 0 spiro atoms. The molecule has 1 fully saturated rings. The fourth-order valence-electron chi connectivity index (χ4n) is 3.45. The van der Waals surface area contributed by atoms with Crippen molar-refractivity contribution in [3.8, 4) is 0 Å². The number of hydrogen-bond donors (Lipinski definition) is 3. The first-order valence-electron chi connectivity index (χ1n) is 8.72. The Morgan fingerprint density at radius 3 is 3.00 bits per heavy atom. The van der Waals surface area contributed by atoms with Crippen LogP contribution in [0.1, 0.15) is 25.7 Å². The third-order valence-corrected chi connectivity index (χ3v) is 4.84. The van der Waals surface area contributed by atoms with Gasteiger partial charge in [-0.05, 0) is 25.0 Å². The van der Waals surface area contributed by atoms with Crippen LogP contribution in [-0.4, -0.2) is 31.8 Å². The molecule has 7 heteroatoms. The first-order valence-corrected chi connectivity index (χ1v) is 8.72. The maximum Gasteiger partial charge on any atom is 0.150 e. The number of hydrogen-bond acceptors (Lipinski definition) is 6. The van der Waals surface area contributed by atoms with Crippen molar-refractivity contribution >= 4 is 28.2 Å². The van der Waals surface area contributed by atoms with E-state index in [1.54, 1.807) is 6.20 Å². The maximum absolute atomic E-state index is 6.22. The molecule has 1 aliphatic carbocycles. The third kappa shape index (κ3) is 3.28. The minimum atomic E-state index is 0.175. The summed E-state index contributed by atoms with van der Waals surface area (Å²) in [6.07, 6.45) is 8.09. The summed E-state index contributed by atoms with van der Waals surface area (Å²) >= 11 is 0. The van der Waals surface area contributed by atoms with E-state index >= 15 is 0 Å². The Labute approximate surface area is 146 Å². The highest BCUT2D eigenvalue weighted by atomic mass is 15.2.